The van der Waals surface area contributed by atoms with Gasteiger partial charge in [-0.05, 0) is 43.4 Å². The van der Waals surface area contributed by atoms with Crippen LogP contribution in [0.25, 0.3) is 0 Å². The fourth-order valence-electron chi connectivity index (χ4n) is 3.81. The molecule has 6 nitrogen and oxygen atoms in total. The van der Waals surface area contributed by atoms with Crippen LogP contribution in [-0.4, -0.2) is 44.0 Å². The predicted octanol–water partition coefficient (Wildman–Crippen LogP) is 1.15. The number of ether oxygens (including phenoxy) is 1. The van der Waals surface area contributed by atoms with E-state index in [0.717, 1.165) is 29.8 Å². The summed E-state index contributed by atoms with van der Waals surface area (Å²) in [6, 6.07) is 5.70. The second-order valence-electron chi connectivity index (χ2n) is 7.45. The number of rotatable bonds is 5. The largest absolute Gasteiger partial charge is 0.466 e. The first-order valence-electron chi connectivity index (χ1n) is 9.42. The number of hydrogen-bond acceptors (Lipinski definition) is 4. The summed E-state index contributed by atoms with van der Waals surface area (Å²) in [5.41, 5.74) is 2.24. The van der Waals surface area contributed by atoms with Gasteiger partial charge >= 0.3 is 11.9 Å². The number of quaternary nitrogens is 1. The Morgan fingerprint density at radius 2 is 2.12 bits per heavy atom. The number of piperidine rings is 1. The highest BCUT2D eigenvalue weighted by molar-refractivity contribution is 6.52. The SMILES string of the molecule is CCOC(=O)[C@@H]1CCC[NH+](CN2C(=O)C(=O)c3cc(C(C)C)ccc32)C1. The standard InChI is InChI=1S/C20H26N2O4/c1-4-26-20(25)15-6-5-9-21(11-15)12-22-17-8-7-14(13(2)3)10-16(17)18(23)19(22)24/h7-8,10,13,15H,4-6,9,11-12H2,1-3H3/p+1/t15-/m1/s1. The molecular formula is C20H27N2O4+. The Hall–Kier alpha value is -2.21. The molecule has 1 fully saturated rings. The minimum absolute atomic E-state index is 0.130. The Morgan fingerprint density at radius 3 is 2.81 bits per heavy atom. The zero-order valence-corrected chi connectivity index (χ0v) is 15.7. The summed E-state index contributed by atoms with van der Waals surface area (Å²) in [7, 11) is 0. The van der Waals surface area contributed by atoms with E-state index in [1.807, 2.05) is 25.1 Å². The zero-order valence-electron chi connectivity index (χ0n) is 15.7. The molecule has 2 atom stereocenters. The van der Waals surface area contributed by atoms with Crippen LogP contribution in [0.4, 0.5) is 5.69 Å². The molecular weight excluding hydrogens is 332 g/mol. The topological polar surface area (TPSA) is 68.1 Å². The van der Waals surface area contributed by atoms with Gasteiger partial charge in [-0.3, -0.25) is 19.3 Å². The fourth-order valence-corrected chi connectivity index (χ4v) is 3.81. The van der Waals surface area contributed by atoms with E-state index in [1.54, 1.807) is 4.90 Å². The van der Waals surface area contributed by atoms with Crippen molar-refractivity contribution in [3.63, 3.8) is 0 Å². The summed E-state index contributed by atoms with van der Waals surface area (Å²) < 4.78 is 5.14. The van der Waals surface area contributed by atoms with Gasteiger partial charge in [0.15, 0.2) is 6.67 Å². The number of esters is 1. The van der Waals surface area contributed by atoms with Gasteiger partial charge in [-0.15, -0.1) is 0 Å². The van der Waals surface area contributed by atoms with Gasteiger partial charge in [0.1, 0.15) is 5.92 Å². The van der Waals surface area contributed by atoms with Gasteiger partial charge in [0.25, 0.3) is 5.78 Å². The molecule has 140 valence electrons. The van der Waals surface area contributed by atoms with Crippen molar-refractivity contribution in [1.82, 2.24) is 0 Å². The Kier molecular flexibility index (Phi) is 5.41. The smallest absolute Gasteiger partial charge is 0.314 e. The quantitative estimate of drug-likeness (QED) is 0.633. The molecule has 0 radical (unpaired) electrons. The van der Waals surface area contributed by atoms with Crippen LogP contribution in [0.1, 0.15) is 55.5 Å². The second kappa shape index (κ2) is 7.58. The predicted molar refractivity (Wildman–Crippen MR) is 97.3 cm³/mol. The van der Waals surface area contributed by atoms with Crippen molar-refractivity contribution in [2.24, 2.45) is 5.92 Å². The molecule has 6 heteroatoms. The van der Waals surface area contributed by atoms with E-state index in [1.165, 1.54) is 0 Å². The lowest BCUT2D eigenvalue weighted by atomic mass is 9.98. The lowest BCUT2D eigenvalue weighted by Crippen LogP contribution is -3.15. The fraction of sp³-hybridized carbons (Fsp3) is 0.550. The van der Waals surface area contributed by atoms with Crippen molar-refractivity contribution >= 4 is 23.3 Å². The number of hydrogen-bond donors (Lipinski definition) is 1. The van der Waals surface area contributed by atoms with E-state index >= 15 is 0 Å². The van der Waals surface area contributed by atoms with Crippen LogP contribution >= 0.6 is 0 Å². The molecule has 0 aromatic heterocycles. The maximum absolute atomic E-state index is 12.5. The van der Waals surface area contributed by atoms with Gasteiger partial charge < -0.3 is 9.64 Å². The van der Waals surface area contributed by atoms with Gasteiger partial charge in [0.2, 0.25) is 0 Å². The molecule has 1 aromatic rings. The third kappa shape index (κ3) is 3.51. The molecule has 1 saturated heterocycles. The molecule has 0 spiro atoms. The lowest BCUT2D eigenvalue weighted by molar-refractivity contribution is -0.906. The van der Waals surface area contributed by atoms with Gasteiger partial charge in [0.05, 0.1) is 30.9 Å². The van der Waals surface area contributed by atoms with Gasteiger partial charge in [-0.25, -0.2) is 0 Å². The molecule has 2 aliphatic heterocycles. The van der Waals surface area contributed by atoms with Crippen molar-refractivity contribution < 1.29 is 24.0 Å². The minimum atomic E-state index is -0.466. The van der Waals surface area contributed by atoms with E-state index in [2.05, 4.69) is 13.8 Å². The normalized spacial score (nSPS) is 22.7. The van der Waals surface area contributed by atoms with Gasteiger partial charge in [0, 0.05) is 0 Å². The first-order valence-corrected chi connectivity index (χ1v) is 9.42. The molecule has 1 N–H and O–H groups in total. The highest BCUT2D eigenvalue weighted by atomic mass is 16.5. The van der Waals surface area contributed by atoms with E-state index in [0.29, 0.717) is 37.0 Å². The van der Waals surface area contributed by atoms with Crippen LogP contribution in [0.5, 0.6) is 0 Å². The number of benzene rings is 1. The van der Waals surface area contributed by atoms with Crippen molar-refractivity contribution in [2.75, 3.05) is 31.3 Å². The average molecular weight is 359 g/mol. The number of anilines is 1. The number of carbonyl (C=O) groups is 3. The number of likely N-dealkylation sites (tertiary alicyclic amines) is 1. The molecule has 3 rings (SSSR count). The number of fused-ring (bicyclic) bond motifs is 1. The molecule has 0 bridgehead atoms. The molecule has 2 heterocycles. The van der Waals surface area contributed by atoms with E-state index in [-0.39, 0.29) is 11.9 Å². The monoisotopic (exact) mass is 359 g/mol. The zero-order chi connectivity index (χ0) is 18.8. The number of Topliss-reactive ketones (excluding diaryl/α,β-unsaturated/α-hetero) is 1. The van der Waals surface area contributed by atoms with Crippen LogP contribution in [0.15, 0.2) is 18.2 Å². The number of amides is 1. The molecule has 1 amide bonds. The number of carbonyl (C=O) groups excluding carboxylic acids is 3. The first-order chi connectivity index (χ1) is 12.4. The maximum Gasteiger partial charge on any atom is 0.314 e. The third-order valence-electron chi connectivity index (χ3n) is 5.28. The van der Waals surface area contributed by atoms with Gasteiger partial charge in [-0.1, -0.05) is 19.9 Å². The first kappa shape index (κ1) is 18.6. The Balaban J connectivity index is 1.75. The highest BCUT2D eigenvalue weighted by Gasteiger charge is 2.39. The molecule has 0 aliphatic carbocycles. The summed E-state index contributed by atoms with van der Waals surface area (Å²) in [6.45, 7) is 8.25. The Morgan fingerprint density at radius 1 is 1.35 bits per heavy atom. The van der Waals surface area contributed by atoms with Crippen LogP contribution in [0.3, 0.4) is 0 Å². The van der Waals surface area contributed by atoms with E-state index in [4.69, 9.17) is 4.74 Å². The number of nitrogens with zero attached hydrogens (tertiary/aromatic N) is 1. The van der Waals surface area contributed by atoms with Crippen molar-refractivity contribution in [2.45, 2.75) is 39.5 Å². The molecule has 2 aliphatic rings. The van der Waals surface area contributed by atoms with E-state index in [9.17, 15) is 14.4 Å². The van der Waals surface area contributed by atoms with Crippen LogP contribution in [0, 0.1) is 5.92 Å². The summed E-state index contributed by atoms with van der Waals surface area (Å²) in [4.78, 5) is 39.6. The van der Waals surface area contributed by atoms with Crippen LogP contribution in [0.2, 0.25) is 0 Å². The van der Waals surface area contributed by atoms with Crippen LogP contribution < -0.4 is 9.80 Å². The third-order valence-corrected chi connectivity index (χ3v) is 5.28. The van der Waals surface area contributed by atoms with Crippen molar-refractivity contribution in [1.29, 1.82) is 0 Å². The average Bonchev–Trinajstić information content (AvgIpc) is 2.86. The molecule has 26 heavy (non-hydrogen) atoms. The molecule has 0 saturated carbocycles. The van der Waals surface area contributed by atoms with Crippen LogP contribution in [-0.2, 0) is 14.3 Å². The van der Waals surface area contributed by atoms with Gasteiger partial charge in [-0.2, -0.15) is 0 Å². The van der Waals surface area contributed by atoms with Crippen molar-refractivity contribution in [3.05, 3.63) is 29.3 Å². The summed E-state index contributed by atoms with van der Waals surface area (Å²) in [6.07, 6.45) is 1.73. The number of ketones is 1. The Bertz CT molecular complexity index is 729. The van der Waals surface area contributed by atoms with Crippen molar-refractivity contribution in [3.8, 4) is 0 Å². The highest BCUT2D eigenvalue weighted by Crippen LogP contribution is 2.31. The second-order valence-corrected chi connectivity index (χ2v) is 7.45. The Labute approximate surface area is 154 Å². The van der Waals surface area contributed by atoms with E-state index < -0.39 is 11.7 Å². The molecule has 1 aromatic carbocycles. The lowest BCUT2D eigenvalue weighted by Gasteiger charge is -2.31. The minimum Gasteiger partial charge on any atom is -0.466 e. The summed E-state index contributed by atoms with van der Waals surface area (Å²) in [5, 5.41) is 0. The maximum atomic E-state index is 12.5. The summed E-state index contributed by atoms with van der Waals surface area (Å²) >= 11 is 0. The molecule has 1 unspecified atom stereocenters. The summed E-state index contributed by atoms with van der Waals surface area (Å²) in [5.74, 6) is -0.881. The number of nitrogens with one attached hydrogen (secondary N) is 1.